The Morgan fingerprint density at radius 1 is 0.889 bits per heavy atom. The molecule has 244 valence electrons. The first-order valence-electron chi connectivity index (χ1n) is 14.7. The minimum atomic E-state index is -1.04. The maximum absolute atomic E-state index is 13.7. The Bertz CT molecular complexity index is 1350. The summed E-state index contributed by atoms with van der Waals surface area (Å²) < 4.78 is 52.4. The van der Waals surface area contributed by atoms with Crippen molar-refractivity contribution in [3.8, 4) is 11.5 Å². The molecule has 1 fully saturated rings. The molecule has 2 unspecified atom stereocenters. The van der Waals surface area contributed by atoms with Gasteiger partial charge in [0.15, 0.2) is 12.6 Å². The lowest BCUT2D eigenvalue weighted by Crippen LogP contribution is -2.44. The zero-order chi connectivity index (χ0) is 32.6. The van der Waals surface area contributed by atoms with Crippen LogP contribution in [-0.4, -0.2) is 83.2 Å². The van der Waals surface area contributed by atoms with Gasteiger partial charge in [0, 0.05) is 26.2 Å². The van der Waals surface area contributed by atoms with E-state index in [0.717, 1.165) is 0 Å². The predicted molar refractivity (Wildman–Crippen MR) is 164 cm³/mol. The minimum absolute atomic E-state index is 0.0733. The molecule has 1 saturated heterocycles. The fraction of sp³-hybridized carbons (Fsp3) is 0.471. The van der Waals surface area contributed by atoms with Crippen LogP contribution < -0.4 is 9.47 Å². The van der Waals surface area contributed by atoms with Gasteiger partial charge < -0.3 is 42.6 Å². The average Bonchev–Trinajstić information content (AvgIpc) is 3.35. The average molecular weight is 627 g/mol. The first kappa shape index (κ1) is 34.1. The maximum atomic E-state index is 13.7. The number of benzene rings is 2. The number of cyclic esters (lactones) is 1. The Kier molecular flexibility index (Phi) is 11.8. The van der Waals surface area contributed by atoms with Gasteiger partial charge in [-0.1, -0.05) is 43.4 Å². The molecule has 0 radical (unpaired) electrons. The molecule has 0 saturated carbocycles. The summed E-state index contributed by atoms with van der Waals surface area (Å²) in [5.74, 6) is -1.79. The monoisotopic (exact) mass is 626 g/mol. The van der Waals surface area contributed by atoms with E-state index in [0.29, 0.717) is 16.9 Å². The van der Waals surface area contributed by atoms with Crippen molar-refractivity contribution < 1.29 is 52.2 Å². The number of hydrogen-bond acceptors (Lipinski definition) is 11. The molecule has 2 aromatic rings. The van der Waals surface area contributed by atoms with E-state index in [1.165, 1.54) is 21.3 Å². The molecular formula is C34H42O11. The molecule has 45 heavy (non-hydrogen) atoms. The van der Waals surface area contributed by atoms with E-state index >= 15 is 0 Å². The van der Waals surface area contributed by atoms with Crippen molar-refractivity contribution in [2.45, 2.75) is 64.0 Å². The summed E-state index contributed by atoms with van der Waals surface area (Å²) in [6.45, 7) is 7.07. The summed E-state index contributed by atoms with van der Waals surface area (Å²) in [4.78, 5) is 27.0. The smallest absolute Gasteiger partial charge is 0.342 e. The standard InChI is InChI=1S/C34H42O11/c1-21-13-15-27(43-32(35)23-11-9-8-10-12-23)31-30(44-34(3,4)45-31)26(40-19-37-5)16-14-24-17-25(39-7)18-28(41-20-38-6)29(24)33(36)42-22(21)2/h8-18,21-22,26-27,30-31H,19-20H2,1-7H3/t21-,22+,26?,27?,30+,31-/m1/s1. The minimum Gasteiger partial charge on any atom is -0.497 e. The van der Waals surface area contributed by atoms with Crippen LogP contribution in [0, 0.1) is 5.92 Å². The van der Waals surface area contributed by atoms with Crippen molar-refractivity contribution in [2.24, 2.45) is 5.92 Å². The van der Waals surface area contributed by atoms with Gasteiger partial charge in [0.05, 0.1) is 12.7 Å². The third-order valence-corrected chi connectivity index (χ3v) is 7.42. The van der Waals surface area contributed by atoms with Gasteiger partial charge in [0.2, 0.25) is 0 Å². The summed E-state index contributed by atoms with van der Waals surface area (Å²) in [6, 6.07) is 12.0. The second-order valence-corrected chi connectivity index (χ2v) is 11.2. The van der Waals surface area contributed by atoms with Gasteiger partial charge in [-0.2, -0.15) is 0 Å². The van der Waals surface area contributed by atoms with Gasteiger partial charge in [-0.15, -0.1) is 0 Å². The normalized spacial score (nSPS) is 26.2. The Balaban J connectivity index is 1.85. The summed E-state index contributed by atoms with van der Waals surface area (Å²) >= 11 is 0. The van der Waals surface area contributed by atoms with Gasteiger partial charge in [-0.3, -0.25) is 0 Å². The second kappa shape index (κ2) is 15.5. The van der Waals surface area contributed by atoms with E-state index in [4.69, 9.17) is 42.6 Å². The van der Waals surface area contributed by atoms with Crippen LogP contribution in [0.1, 0.15) is 54.0 Å². The zero-order valence-corrected chi connectivity index (χ0v) is 26.7. The summed E-state index contributed by atoms with van der Waals surface area (Å²) in [6.07, 6.45) is 3.23. The van der Waals surface area contributed by atoms with Crippen LogP contribution in [0.2, 0.25) is 0 Å². The number of fused-ring (bicyclic) bond motifs is 2. The number of esters is 2. The summed E-state index contributed by atoms with van der Waals surface area (Å²) in [5.41, 5.74) is 1.02. The van der Waals surface area contributed by atoms with E-state index in [2.05, 4.69) is 0 Å². The number of rotatable bonds is 9. The molecule has 0 aliphatic carbocycles. The highest BCUT2D eigenvalue weighted by Crippen LogP contribution is 2.37. The molecule has 0 aromatic heterocycles. The topological polar surface area (TPSA) is 117 Å². The number of hydrogen-bond donors (Lipinski definition) is 0. The number of ether oxygens (including phenoxy) is 9. The fourth-order valence-corrected chi connectivity index (χ4v) is 5.00. The molecular weight excluding hydrogens is 584 g/mol. The van der Waals surface area contributed by atoms with Crippen molar-refractivity contribution in [3.05, 3.63) is 77.4 Å². The highest BCUT2D eigenvalue weighted by atomic mass is 16.8. The SMILES string of the molecule is COCOc1cc(OC)cc2c1C(=O)O[C@@H](C)[C@H](C)C=CC(OC(=O)c1ccccc1)[C@H]1OC(C)(C)O[C@H]1C(OCOC)C=C2. The Labute approximate surface area is 263 Å². The highest BCUT2D eigenvalue weighted by molar-refractivity contribution is 5.97. The van der Waals surface area contributed by atoms with Crippen molar-refractivity contribution >= 4 is 18.0 Å². The Morgan fingerprint density at radius 3 is 2.24 bits per heavy atom. The molecule has 2 aliphatic rings. The van der Waals surface area contributed by atoms with E-state index in [1.54, 1.807) is 75.4 Å². The molecule has 0 amide bonds. The molecule has 0 spiro atoms. The Hall–Kier alpha value is -3.74. The lowest BCUT2D eigenvalue weighted by atomic mass is 9.97. The summed E-state index contributed by atoms with van der Waals surface area (Å²) in [7, 11) is 4.50. The van der Waals surface area contributed by atoms with Crippen molar-refractivity contribution in [1.82, 2.24) is 0 Å². The van der Waals surface area contributed by atoms with E-state index in [1.807, 2.05) is 19.1 Å². The van der Waals surface area contributed by atoms with Crippen LogP contribution in [-0.2, 0) is 33.2 Å². The Morgan fingerprint density at radius 2 is 1.58 bits per heavy atom. The van der Waals surface area contributed by atoms with Crippen LogP contribution in [0.4, 0.5) is 0 Å². The molecule has 4 rings (SSSR count). The molecule has 2 aromatic carbocycles. The lowest BCUT2D eigenvalue weighted by molar-refractivity contribution is -0.165. The predicted octanol–water partition coefficient (Wildman–Crippen LogP) is 5.18. The van der Waals surface area contributed by atoms with Crippen LogP contribution in [0.5, 0.6) is 11.5 Å². The second-order valence-electron chi connectivity index (χ2n) is 11.2. The van der Waals surface area contributed by atoms with E-state index < -0.39 is 48.2 Å². The molecule has 6 atom stereocenters. The quantitative estimate of drug-likeness (QED) is 0.208. The lowest BCUT2D eigenvalue weighted by Gasteiger charge is -2.29. The van der Waals surface area contributed by atoms with E-state index in [9.17, 15) is 9.59 Å². The van der Waals surface area contributed by atoms with Gasteiger partial charge >= 0.3 is 11.9 Å². The van der Waals surface area contributed by atoms with Gasteiger partial charge in [0.1, 0.15) is 54.4 Å². The number of carbonyl (C=O) groups is 2. The highest BCUT2D eigenvalue weighted by Gasteiger charge is 2.49. The third-order valence-electron chi connectivity index (χ3n) is 7.42. The number of carbonyl (C=O) groups excluding carboxylic acids is 2. The first-order valence-corrected chi connectivity index (χ1v) is 14.7. The molecule has 11 heteroatoms. The van der Waals surface area contributed by atoms with Crippen LogP contribution in [0.3, 0.4) is 0 Å². The third kappa shape index (κ3) is 8.71. The molecule has 2 heterocycles. The van der Waals surface area contributed by atoms with Crippen molar-refractivity contribution in [1.29, 1.82) is 0 Å². The molecule has 2 aliphatic heterocycles. The van der Waals surface area contributed by atoms with Crippen LogP contribution in [0.15, 0.2) is 60.7 Å². The first-order chi connectivity index (χ1) is 21.6. The summed E-state index contributed by atoms with van der Waals surface area (Å²) in [5, 5.41) is 0. The van der Waals surface area contributed by atoms with Crippen LogP contribution >= 0.6 is 0 Å². The van der Waals surface area contributed by atoms with Gasteiger partial charge in [-0.25, -0.2) is 9.59 Å². The van der Waals surface area contributed by atoms with Crippen LogP contribution in [0.25, 0.3) is 6.08 Å². The maximum Gasteiger partial charge on any atom is 0.342 e. The zero-order valence-electron chi connectivity index (χ0n) is 26.7. The van der Waals surface area contributed by atoms with Gasteiger partial charge in [-0.05, 0) is 50.6 Å². The molecule has 0 bridgehead atoms. The van der Waals surface area contributed by atoms with E-state index in [-0.39, 0.29) is 30.8 Å². The van der Waals surface area contributed by atoms with Gasteiger partial charge in [0.25, 0.3) is 0 Å². The van der Waals surface area contributed by atoms with Crippen molar-refractivity contribution in [2.75, 3.05) is 34.9 Å². The fourth-order valence-electron chi connectivity index (χ4n) is 5.00. The van der Waals surface area contributed by atoms with Crippen molar-refractivity contribution in [3.63, 3.8) is 0 Å². The molecule has 11 nitrogen and oxygen atoms in total. The molecule has 0 N–H and O–H groups in total. The largest absolute Gasteiger partial charge is 0.497 e. The number of methoxy groups -OCH3 is 3.